The Hall–Kier alpha value is -2.17. The molecule has 1 aromatic heterocycles. The Bertz CT molecular complexity index is 951. The molecule has 3 unspecified atom stereocenters. The van der Waals surface area contributed by atoms with E-state index in [0.29, 0.717) is 6.04 Å². The average Bonchev–Trinajstić information content (AvgIpc) is 3.12. The minimum atomic E-state index is -2.15. The molecule has 0 radical (unpaired) electrons. The predicted octanol–water partition coefficient (Wildman–Crippen LogP) is 3.11. The molecule has 0 spiro atoms. The Kier molecular flexibility index (Phi) is 2.98. The van der Waals surface area contributed by atoms with Crippen LogP contribution in [0.1, 0.15) is 44.2 Å². The SMILES string of the molecule is CC(C)n1cnc(C2O[Si]3(c4ccccc4)c4ccccc4C23C)c1. The minimum Gasteiger partial charge on any atom is -0.398 e. The molecular weight excluding hydrogens is 324 g/mol. The monoisotopic (exact) mass is 346 g/mol. The summed E-state index contributed by atoms with van der Waals surface area (Å²) in [5, 5.41) is 2.86. The van der Waals surface area contributed by atoms with E-state index in [1.807, 2.05) is 6.33 Å². The van der Waals surface area contributed by atoms with E-state index < -0.39 is 8.32 Å². The highest BCUT2D eigenvalue weighted by atomic mass is 28.4. The minimum absolute atomic E-state index is 0.0503. The van der Waals surface area contributed by atoms with Gasteiger partial charge >= 0.3 is 0 Å². The fraction of sp³-hybridized carbons (Fsp3) is 0.286. The van der Waals surface area contributed by atoms with E-state index in [2.05, 4.69) is 91.1 Å². The molecule has 2 aliphatic heterocycles. The molecule has 0 bridgehead atoms. The van der Waals surface area contributed by atoms with Crippen molar-refractivity contribution in [2.75, 3.05) is 0 Å². The standard InChI is InChI=1S/C21H22N2OSi/c1-15(2)23-13-18(22-14-23)20-21(3)17-11-7-8-12-19(17)25(21,24-20)16-9-5-4-6-10-16/h4-15,20H,1-3H3. The van der Waals surface area contributed by atoms with Gasteiger partial charge in [-0.3, -0.25) is 0 Å². The summed E-state index contributed by atoms with van der Waals surface area (Å²) in [6.07, 6.45) is 4.14. The third-order valence-electron chi connectivity index (χ3n) is 6.08. The first-order valence-electron chi connectivity index (χ1n) is 8.95. The zero-order valence-corrected chi connectivity index (χ0v) is 15.8. The molecular formula is C21H22N2OSi. The number of hydrogen-bond donors (Lipinski definition) is 0. The summed E-state index contributed by atoms with van der Waals surface area (Å²) in [4.78, 5) is 4.68. The molecule has 1 saturated heterocycles. The van der Waals surface area contributed by atoms with Gasteiger partial charge in [0.1, 0.15) is 0 Å². The zero-order chi connectivity index (χ0) is 17.2. The van der Waals surface area contributed by atoms with Crippen molar-refractivity contribution < 1.29 is 4.43 Å². The van der Waals surface area contributed by atoms with Crippen LogP contribution in [0.15, 0.2) is 67.1 Å². The van der Waals surface area contributed by atoms with Crippen LogP contribution in [-0.4, -0.2) is 17.9 Å². The highest BCUT2D eigenvalue weighted by molar-refractivity contribution is 7.05. The Balaban J connectivity index is 1.64. The van der Waals surface area contributed by atoms with Crippen LogP contribution in [0.25, 0.3) is 0 Å². The molecule has 3 heterocycles. The van der Waals surface area contributed by atoms with Gasteiger partial charge in [-0.2, -0.15) is 0 Å². The van der Waals surface area contributed by atoms with Gasteiger partial charge in [0.2, 0.25) is 0 Å². The van der Waals surface area contributed by atoms with Crippen molar-refractivity contribution in [1.82, 2.24) is 9.55 Å². The van der Waals surface area contributed by atoms with Gasteiger partial charge in [0.05, 0.1) is 23.2 Å². The third kappa shape index (κ3) is 1.66. The van der Waals surface area contributed by atoms with Gasteiger partial charge in [-0.25, -0.2) is 4.98 Å². The molecule has 1 fully saturated rings. The second-order valence-electron chi connectivity index (χ2n) is 7.63. The third-order valence-corrected chi connectivity index (χ3v) is 11.0. The van der Waals surface area contributed by atoms with E-state index in [1.54, 1.807) is 0 Å². The van der Waals surface area contributed by atoms with Gasteiger partial charge < -0.3 is 8.99 Å². The van der Waals surface area contributed by atoms with Crippen LogP contribution in [-0.2, 0) is 9.46 Å². The largest absolute Gasteiger partial charge is 0.398 e. The fourth-order valence-electron chi connectivity index (χ4n) is 4.72. The van der Waals surface area contributed by atoms with Crippen molar-refractivity contribution in [2.24, 2.45) is 0 Å². The first-order chi connectivity index (χ1) is 12.1. The highest BCUT2D eigenvalue weighted by Crippen LogP contribution is 2.61. The van der Waals surface area contributed by atoms with Crippen molar-refractivity contribution in [2.45, 2.75) is 38.0 Å². The Morgan fingerprint density at radius 1 is 1.08 bits per heavy atom. The molecule has 3 atom stereocenters. The van der Waals surface area contributed by atoms with Crippen LogP contribution in [0.2, 0.25) is 0 Å². The van der Waals surface area contributed by atoms with E-state index in [-0.39, 0.29) is 11.1 Å². The van der Waals surface area contributed by atoms with Gasteiger partial charge in [0, 0.05) is 12.2 Å². The molecule has 126 valence electrons. The van der Waals surface area contributed by atoms with Gasteiger partial charge in [0.25, 0.3) is 8.32 Å². The lowest BCUT2D eigenvalue weighted by Crippen LogP contribution is -2.90. The van der Waals surface area contributed by atoms with Crippen LogP contribution < -0.4 is 10.4 Å². The van der Waals surface area contributed by atoms with E-state index in [4.69, 9.17) is 4.43 Å². The zero-order valence-electron chi connectivity index (χ0n) is 14.8. The summed E-state index contributed by atoms with van der Waals surface area (Å²) >= 11 is 0. The number of hydrogen-bond acceptors (Lipinski definition) is 2. The number of aromatic nitrogens is 2. The second kappa shape index (κ2) is 4.93. The first kappa shape index (κ1) is 15.1. The van der Waals surface area contributed by atoms with Crippen molar-refractivity contribution in [3.05, 3.63) is 78.4 Å². The summed E-state index contributed by atoms with van der Waals surface area (Å²) in [6.45, 7) is 6.74. The number of nitrogens with zero attached hydrogens (tertiary/aromatic N) is 2. The Morgan fingerprint density at radius 2 is 1.80 bits per heavy atom. The van der Waals surface area contributed by atoms with Crippen molar-refractivity contribution in [3.63, 3.8) is 0 Å². The summed E-state index contributed by atoms with van der Waals surface area (Å²) in [5.74, 6) is 0. The summed E-state index contributed by atoms with van der Waals surface area (Å²) < 4.78 is 8.95. The number of rotatable bonds is 3. The molecule has 0 N–H and O–H groups in total. The molecule has 2 aliphatic rings. The maximum Gasteiger partial charge on any atom is 0.270 e. The molecule has 25 heavy (non-hydrogen) atoms. The lowest BCUT2D eigenvalue weighted by Gasteiger charge is -2.68. The van der Waals surface area contributed by atoms with Crippen LogP contribution >= 0.6 is 0 Å². The van der Waals surface area contributed by atoms with E-state index in [1.165, 1.54) is 15.9 Å². The van der Waals surface area contributed by atoms with Gasteiger partial charge in [-0.1, -0.05) is 61.5 Å². The normalized spacial score (nSPS) is 29.5. The van der Waals surface area contributed by atoms with E-state index >= 15 is 0 Å². The molecule has 3 nitrogen and oxygen atoms in total. The summed E-state index contributed by atoms with van der Waals surface area (Å²) in [5.41, 5.74) is 2.51. The van der Waals surface area contributed by atoms with Crippen LogP contribution in [0.3, 0.4) is 0 Å². The van der Waals surface area contributed by atoms with Crippen molar-refractivity contribution in [3.8, 4) is 0 Å². The predicted molar refractivity (Wildman–Crippen MR) is 102 cm³/mol. The summed E-state index contributed by atoms with van der Waals surface area (Å²) in [6, 6.07) is 20.1. The highest BCUT2D eigenvalue weighted by Gasteiger charge is 2.77. The topological polar surface area (TPSA) is 27.1 Å². The molecule has 0 aliphatic carbocycles. The lowest BCUT2D eigenvalue weighted by atomic mass is 9.89. The summed E-state index contributed by atoms with van der Waals surface area (Å²) in [7, 11) is -2.15. The van der Waals surface area contributed by atoms with Crippen LogP contribution in [0, 0.1) is 0 Å². The Labute approximate surface area is 149 Å². The maximum atomic E-state index is 6.78. The molecule has 4 heteroatoms. The number of fused-ring (bicyclic) bond motifs is 4. The first-order valence-corrected chi connectivity index (χ1v) is 10.9. The van der Waals surface area contributed by atoms with Gasteiger partial charge in [-0.15, -0.1) is 0 Å². The quantitative estimate of drug-likeness (QED) is 0.682. The van der Waals surface area contributed by atoms with E-state index in [9.17, 15) is 0 Å². The molecule has 5 rings (SSSR count). The molecule has 0 amide bonds. The van der Waals surface area contributed by atoms with Gasteiger partial charge in [-0.05, 0) is 29.8 Å². The lowest BCUT2D eigenvalue weighted by molar-refractivity contribution is 0.0444. The average molecular weight is 347 g/mol. The van der Waals surface area contributed by atoms with Crippen LogP contribution in [0.4, 0.5) is 0 Å². The fourth-order valence-corrected chi connectivity index (χ4v) is 9.94. The number of benzene rings is 2. The molecule has 0 saturated carbocycles. The van der Waals surface area contributed by atoms with Crippen molar-refractivity contribution >= 4 is 18.7 Å². The molecule has 2 aromatic carbocycles. The Morgan fingerprint density at radius 3 is 2.52 bits per heavy atom. The van der Waals surface area contributed by atoms with E-state index in [0.717, 1.165) is 5.69 Å². The van der Waals surface area contributed by atoms with Gasteiger partial charge in [0.15, 0.2) is 0 Å². The van der Waals surface area contributed by atoms with Crippen LogP contribution in [0.5, 0.6) is 0 Å². The second-order valence-corrected chi connectivity index (χ2v) is 11.4. The smallest absolute Gasteiger partial charge is 0.270 e. The van der Waals surface area contributed by atoms with Crippen molar-refractivity contribution in [1.29, 1.82) is 0 Å². The molecule has 3 aromatic rings. The number of imidazole rings is 1. The maximum absolute atomic E-state index is 6.78.